The third kappa shape index (κ3) is 3.91. The molecule has 130 valence electrons. The Balaban J connectivity index is 1.83. The summed E-state index contributed by atoms with van der Waals surface area (Å²) >= 11 is 0. The van der Waals surface area contributed by atoms with Gasteiger partial charge < -0.3 is 20.0 Å². The molecule has 6 heteroatoms. The molecule has 3 rings (SSSR count). The number of para-hydroxylation sites is 1. The van der Waals surface area contributed by atoms with E-state index in [1.54, 1.807) is 12.1 Å². The van der Waals surface area contributed by atoms with Gasteiger partial charge in [0, 0.05) is 29.6 Å². The van der Waals surface area contributed by atoms with Gasteiger partial charge in [0.25, 0.3) is 5.91 Å². The first-order valence-electron chi connectivity index (χ1n) is 8.24. The number of fused-ring (bicyclic) bond motifs is 1. The van der Waals surface area contributed by atoms with Gasteiger partial charge in [-0.25, -0.2) is 0 Å². The first-order chi connectivity index (χ1) is 12.0. The summed E-state index contributed by atoms with van der Waals surface area (Å²) in [6.07, 6.45) is 3.69. The van der Waals surface area contributed by atoms with Gasteiger partial charge in [-0.1, -0.05) is 18.2 Å². The summed E-state index contributed by atoms with van der Waals surface area (Å²) in [4.78, 5) is 28.1. The summed E-state index contributed by atoms with van der Waals surface area (Å²) in [6, 6.07) is 10.4. The van der Waals surface area contributed by atoms with Gasteiger partial charge in [-0.05, 0) is 37.6 Å². The molecule has 0 saturated carbocycles. The minimum Gasteiger partial charge on any atom is -0.459 e. The van der Waals surface area contributed by atoms with Crippen LogP contribution in [0.1, 0.15) is 30.0 Å². The molecule has 0 bridgehead atoms. The smallest absolute Gasteiger partial charge is 0.287 e. The third-order valence-electron chi connectivity index (χ3n) is 3.90. The van der Waals surface area contributed by atoms with Gasteiger partial charge in [0.15, 0.2) is 5.76 Å². The molecule has 0 spiro atoms. The van der Waals surface area contributed by atoms with Gasteiger partial charge >= 0.3 is 0 Å². The minimum absolute atomic E-state index is 0.0153. The molecule has 25 heavy (non-hydrogen) atoms. The fourth-order valence-electron chi connectivity index (χ4n) is 2.75. The van der Waals surface area contributed by atoms with Crippen LogP contribution in [0.4, 0.5) is 0 Å². The van der Waals surface area contributed by atoms with Crippen molar-refractivity contribution in [2.24, 2.45) is 0 Å². The Kier molecular flexibility index (Phi) is 4.88. The van der Waals surface area contributed by atoms with Gasteiger partial charge in [-0.3, -0.25) is 9.59 Å². The van der Waals surface area contributed by atoms with Crippen molar-refractivity contribution < 1.29 is 14.0 Å². The fraction of sp³-hybridized carbons (Fsp3) is 0.263. The highest BCUT2D eigenvalue weighted by Gasteiger charge is 2.24. The van der Waals surface area contributed by atoms with Gasteiger partial charge in [0.2, 0.25) is 5.91 Å². The lowest BCUT2D eigenvalue weighted by atomic mass is 10.0. The van der Waals surface area contributed by atoms with E-state index in [2.05, 4.69) is 15.6 Å². The van der Waals surface area contributed by atoms with Crippen LogP contribution in [0, 0.1) is 0 Å². The highest BCUT2D eigenvalue weighted by Crippen LogP contribution is 2.19. The Morgan fingerprint density at radius 3 is 2.64 bits per heavy atom. The number of hydrogen-bond acceptors (Lipinski definition) is 3. The van der Waals surface area contributed by atoms with Crippen molar-refractivity contribution in [1.82, 2.24) is 15.6 Å². The topological polar surface area (TPSA) is 87.1 Å². The SMILES string of the molecule is CC(C)NC(=O)[C@H](Cc1c[nH]c2ccccc12)NC(=O)c1ccco1. The van der Waals surface area contributed by atoms with Crippen molar-refractivity contribution in [3.63, 3.8) is 0 Å². The second kappa shape index (κ2) is 7.25. The minimum atomic E-state index is -0.695. The van der Waals surface area contributed by atoms with E-state index in [0.29, 0.717) is 6.42 Å². The molecule has 2 aromatic heterocycles. The molecule has 6 nitrogen and oxygen atoms in total. The van der Waals surface area contributed by atoms with Crippen molar-refractivity contribution in [1.29, 1.82) is 0 Å². The Morgan fingerprint density at radius 1 is 1.12 bits per heavy atom. The summed E-state index contributed by atoms with van der Waals surface area (Å²) in [5.74, 6) is -0.449. The highest BCUT2D eigenvalue weighted by molar-refractivity contribution is 5.96. The van der Waals surface area contributed by atoms with Crippen molar-refractivity contribution >= 4 is 22.7 Å². The molecule has 0 aliphatic rings. The van der Waals surface area contributed by atoms with Crippen LogP contribution in [-0.2, 0) is 11.2 Å². The molecule has 0 radical (unpaired) electrons. The van der Waals surface area contributed by atoms with Crippen LogP contribution in [0.25, 0.3) is 10.9 Å². The zero-order valence-electron chi connectivity index (χ0n) is 14.2. The fourth-order valence-corrected chi connectivity index (χ4v) is 2.75. The number of H-pyrrole nitrogens is 1. The number of carbonyl (C=O) groups is 2. The molecule has 3 aromatic rings. The van der Waals surface area contributed by atoms with E-state index in [4.69, 9.17) is 4.42 Å². The van der Waals surface area contributed by atoms with Gasteiger partial charge in [-0.15, -0.1) is 0 Å². The standard InChI is InChI=1S/C19H21N3O3/c1-12(2)21-18(23)16(22-19(24)17-8-5-9-25-17)10-13-11-20-15-7-4-3-6-14(13)15/h3-9,11-12,16,20H,10H2,1-2H3,(H,21,23)(H,22,24)/t16-/m0/s1. The van der Waals surface area contributed by atoms with E-state index >= 15 is 0 Å². The number of rotatable bonds is 6. The summed E-state index contributed by atoms with van der Waals surface area (Å²) < 4.78 is 5.11. The van der Waals surface area contributed by atoms with E-state index < -0.39 is 11.9 Å². The quantitative estimate of drug-likeness (QED) is 0.645. The molecular weight excluding hydrogens is 318 g/mol. The van der Waals surface area contributed by atoms with Gasteiger partial charge in [0.05, 0.1) is 6.26 Å². The summed E-state index contributed by atoms with van der Waals surface area (Å²) in [5, 5.41) is 6.67. The maximum Gasteiger partial charge on any atom is 0.287 e. The monoisotopic (exact) mass is 339 g/mol. The van der Waals surface area contributed by atoms with Gasteiger partial charge in [-0.2, -0.15) is 0 Å². The van der Waals surface area contributed by atoms with Crippen molar-refractivity contribution in [3.8, 4) is 0 Å². The van der Waals surface area contributed by atoms with Crippen LogP contribution in [0.2, 0.25) is 0 Å². The summed E-state index contributed by atoms with van der Waals surface area (Å²) in [6.45, 7) is 3.77. The Labute approximate surface area is 145 Å². The maximum atomic E-state index is 12.6. The first kappa shape index (κ1) is 16.8. The van der Waals surface area contributed by atoms with Crippen LogP contribution in [0.3, 0.4) is 0 Å². The largest absolute Gasteiger partial charge is 0.459 e. The highest BCUT2D eigenvalue weighted by atomic mass is 16.3. The third-order valence-corrected chi connectivity index (χ3v) is 3.90. The number of aromatic nitrogens is 1. The number of nitrogens with one attached hydrogen (secondary N) is 3. The summed E-state index contributed by atoms with van der Waals surface area (Å²) in [5.41, 5.74) is 1.97. The number of hydrogen-bond donors (Lipinski definition) is 3. The molecular formula is C19H21N3O3. The Bertz CT molecular complexity index is 865. The zero-order chi connectivity index (χ0) is 17.8. The average molecular weight is 339 g/mol. The molecule has 2 heterocycles. The number of furan rings is 1. The molecule has 0 saturated heterocycles. The molecule has 0 aliphatic carbocycles. The molecule has 0 unspecified atom stereocenters. The van der Waals surface area contributed by atoms with Crippen LogP contribution in [0.5, 0.6) is 0 Å². The van der Waals surface area contributed by atoms with E-state index in [-0.39, 0.29) is 17.7 Å². The van der Waals surface area contributed by atoms with E-state index in [0.717, 1.165) is 16.5 Å². The lowest BCUT2D eigenvalue weighted by Crippen LogP contribution is -2.49. The van der Waals surface area contributed by atoms with E-state index in [1.165, 1.54) is 6.26 Å². The van der Waals surface area contributed by atoms with Crippen LogP contribution < -0.4 is 10.6 Å². The normalized spacial score (nSPS) is 12.3. The van der Waals surface area contributed by atoms with E-state index in [1.807, 2.05) is 44.3 Å². The van der Waals surface area contributed by atoms with Crippen molar-refractivity contribution in [3.05, 3.63) is 60.2 Å². The predicted octanol–water partition coefficient (Wildman–Crippen LogP) is 2.63. The lowest BCUT2D eigenvalue weighted by molar-refractivity contribution is -0.123. The predicted molar refractivity (Wildman–Crippen MR) is 95.2 cm³/mol. The van der Waals surface area contributed by atoms with Crippen LogP contribution in [-0.4, -0.2) is 28.9 Å². The molecule has 2 amide bonds. The zero-order valence-corrected chi connectivity index (χ0v) is 14.2. The molecule has 3 N–H and O–H groups in total. The molecule has 1 aromatic carbocycles. The Morgan fingerprint density at radius 2 is 1.92 bits per heavy atom. The van der Waals surface area contributed by atoms with E-state index in [9.17, 15) is 9.59 Å². The number of amides is 2. The first-order valence-corrected chi connectivity index (χ1v) is 8.24. The summed E-state index contributed by atoms with van der Waals surface area (Å²) in [7, 11) is 0. The number of benzene rings is 1. The van der Waals surface area contributed by atoms with Crippen molar-refractivity contribution in [2.45, 2.75) is 32.4 Å². The second-order valence-electron chi connectivity index (χ2n) is 6.23. The maximum absolute atomic E-state index is 12.6. The Hall–Kier alpha value is -3.02. The molecule has 0 aliphatic heterocycles. The number of carbonyl (C=O) groups excluding carboxylic acids is 2. The van der Waals surface area contributed by atoms with Crippen LogP contribution in [0.15, 0.2) is 53.3 Å². The molecule has 1 atom stereocenters. The second-order valence-corrected chi connectivity index (χ2v) is 6.23. The number of aromatic amines is 1. The van der Waals surface area contributed by atoms with Gasteiger partial charge in [0.1, 0.15) is 6.04 Å². The average Bonchev–Trinajstić information content (AvgIpc) is 3.23. The molecule has 0 fully saturated rings. The van der Waals surface area contributed by atoms with Crippen LogP contribution >= 0.6 is 0 Å². The van der Waals surface area contributed by atoms with Crippen molar-refractivity contribution in [2.75, 3.05) is 0 Å². The lowest BCUT2D eigenvalue weighted by Gasteiger charge is -2.19.